The number of rotatable bonds is 4. The minimum atomic E-state index is -3.10. The van der Waals surface area contributed by atoms with E-state index in [4.69, 9.17) is 19.1 Å². The Kier molecular flexibility index (Phi) is 1.67. The predicted molar refractivity (Wildman–Crippen MR) is 41.4 cm³/mol. The maximum atomic E-state index is 7.46. The van der Waals surface area contributed by atoms with E-state index in [0.29, 0.717) is 13.0 Å². The van der Waals surface area contributed by atoms with Crippen LogP contribution in [-0.2, 0) is 14.2 Å². The molecule has 1 atom stereocenters. The smallest absolute Gasteiger partial charge is 0.157 e. The van der Waals surface area contributed by atoms with Gasteiger partial charge < -0.3 is 14.2 Å². The largest absolute Gasteiger partial charge is 0.382 e. The minimum Gasteiger partial charge on any atom is -0.382 e. The lowest BCUT2D eigenvalue weighted by atomic mass is 10.2. The van der Waals surface area contributed by atoms with Crippen LogP contribution in [0.5, 0.6) is 0 Å². The second kappa shape index (κ2) is 5.52. The lowest BCUT2D eigenvalue weighted by Gasteiger charge is -2.22. The molecule has 1 aliphatic heterocycles. The van der Waals surface area contributed by atoms with Gasteiger partial charge in [0.1, 0.15) is 0 Å². The van der Waals surface area contributed by atoms with Crippen molar-refractivity contribution in [3.63, 3.8) is 0 Å². The summed E-state index contributed by atoms with van der Waals surface area (Å²) in [6, 6.07) is 0. The molecule has 0 N–H and O–H groups in total. The lowest BCUT2D eigenvalue weighted by molar-refractivity contribution is -0.167. The Bertz CT molecular complexity index is 272. The molecule has 1 fully saturated rings. The number of hydrogen-bond donors (Lipinski definition) is 0. The maximum absolute atomic E-state index is 7.46. The van der Waals surface area contributed by atoms with Gasteiger partial charge in [0.05, 0.1) is 22.7 Å². The van der Waals surface area contributed by atoms with E-state index in [9.17, 15) is 0 Å². The van der Waals surface area contributed by atoms with Crippen LogP contribution in [0.3, 0.4) is 0 Å². The summed E-state index contributed by atoms with van der Waals surface area (Å²) in [5.41, 5.74) is 0. The van der Waals surface area contributed by atoms with Gasteiger partial charge in [-0.15, -0.1) is 0 Å². The molecular weight excluding hydrogens is 144 g/mol. The molecule has 1 saturated heterocycles. The van der Waals surface area contributed by atoms with E-state index in [2.05, 4.69) is 4.74 Å². The third kappa shape index (κ3) is 3.70. The highest BCUT2D eigenvalue weighted by Gasteiger charge is 2.12. The Morgan fingerprint density at radius 2 is 2.64 bits per heavy atom. The molecule has 1 heterocycles. The van der Waals surface area contributed by atoms with Crippen molar-refractivity contribution in [3.05, 3.63) is 0 Å². The molecule has 0 aromatic carbocycles. The predicted octanol–water partition coefficient (Wildman–Crippen LogP) is 1.18. The number of ether oxygens (including phenoxy) is 3. The molecule has 0 spiro atoms. The Labute approximate surface area is 77.5 Å². The van der Waals surface area contributed by atoms with Gasteiger partial charge in [-0.3, -0.25) is 0 Å². The Morgan fingerprint density at radius 1 is 1.64 bits per heavy atom. The van der Waals surface area contributed by atoms with Crippen molar-refractivity contribution < 1.29 is 23.8 Å². The Morgan fingerprint density at radius 3 is 3.36 bits per heavy atom. The number of hydrogen-bond acceptors (Lipinski definition) is 3. The Hall–Kier alpha value is -0.120. The molecule has 3 nitrogen and oxygen atoms in total. The van der Waals surface area contributed by atoms with Crippen LogP contribution in [0.25, 0.3) is 0 Å². The van der Waals surface area contributed by atoms with E-state index in [1.54, 1.807) is 0 Å². The molecule has 0 radical (unpaired) electrons. The number of methoxy groups -OCH3 is 1. The fourth-order valence-corrected chi connectivity index (χ4v) is 0.915. The first-order valence-corrected chi connectivity index (χ1v) is 3.53. The van der Waals surface area contributed by atoms with Crippen molar-refractivity contribution in [2.24, 2.45) is 0 Å². The zero-order chi connectivity index (χ0) is 14.0. The molecule has 0 aliphatic carbocycles. The normalized spacial score (nSPS) is 38.5. The molecule has 66 valence electrons. The summed E-state index contributed by atoms with van der Waals surface area (Å²) in [5.74, 6) is 0. The topological polar surface area (TPSA) is 27.7 Å². The van der Waals surface area contributed by atoms with Gasteiger partial charge >= 0.3 is 0 Å². The van der Waals surface area contributed by atoms with Crippen molar-refractivity contribution in [1.29, 1.82) is 0 Å². The van der Waals surface area contributed by atoms with E-state index < -0.39 is 26.4 Å². The monoisotopic (exact) mass is 167 g/mol. The fraction of sp³-hybridized carbons (Fsp3) is 1.00. The summed E-state index contributed by atoms with van der Waals surface area (Å²) in [4.78, 5) is 0. The van der Waals surface area contributed by atoms with Crippen molar-refractivity contribution in [2.75, 3.05) is 26.8 Å². The second-order valence-corrected chi connectivity index (χ2v) is 2.22. The molecule has 0 bridgehead atoms. The summed E-state index contributed by atoms with van der Waals surface area (Å²) >= 11 is 0. The van der Waals surface area contributed by atoms with Crippen LogP contribution in [0, 0.1) is 0 Å². The van der Waals surface area contributed by atoms with Crippen LogP contribution in [0.4, 0.5) is 0 Å². The van der Waals surface area contributed by atoms with Crippen LogP contribution < -0.4 is 0 Å². The summed E-state index contributed by atoms with van der Waals surface area (Å²) in [5, 5.41) is 0. The van der Waals surface area contributed by atoms with Gasteiger partial charge in [0, 0.05) is 13.6 Å². The first-order valence-electron chi connectivity index (χ1n) is 7.03. The van der Waals surface area contributed by atoms with Gasteiger partial charge in [0.25, 0.3) is 0 Å². The summed E-state index contributed by atoms with van der Waals surface area (Å²) in [7, 11) is -3.05. The third-order valence-electron chi connectivity index (χ3n) is 1.42. The van der Waals surface area contributed by atoms with E-state index >= 15 is 0 Å². The minimum absolute atomic E-state index is 0.407. The van der Waals surface area contributed by atoms with Gasteiger partial charge in [0.15, 0.2) is 6.29 Å². The highest BCUT2D eigenvalue weighted by atomic mass is 16.7. The molecule has 1 aliphatic rings. The van der Waals surface area contributed by atoms with Gasteiger partial charge in [-0.2, -0.15) is 0 Å². The third-order valence-corrected chi connectivity index (χ3v) is 1.42. The van der Waals surface area contributed by atoms with Crippen LogP contribution in [0.1, 0.15) is 28.9 Å². The molecule has 0 amide bonds. The Balaban J connectivity index is 2.65. The zero-order valence-corrected chi connectivity index (χ0v) is 6.13. The second-order valence-electron chi connectivity index (χ2n) is 2.22. The van der Waals surface area contributed by atoms with Gasteiger partial charge in [0.2, 0.25) is 0 Å². The van der Waals surface area contributed by atoms with Gasteiger partial charge in [-0.25, -0.2) is 0 Å². The summed E-state index contributed by atoms with van der Waals surface area (Å²) < 4.78 is 64.1. The molecule has 11 heavy (non-hydrogen) atoms. The van der Waals surface area contributed by atoms with E-state index in [1.807, 2.05) is 0 Å². The molecule has 0 aromatic rings. The van der Waals surface area contributed by atoms with Crippen LogP contribution in [0.2, 0.25) is 0 Å². The maximum Gasteiger partial charge on any atom is 0.157 e. The van der Waals surface area contributed by atoms with Gasteiger partial charge in [-0.05, 0) is 19.3 Å². The molecule has 1 unspecified atom stereocenters. The first kappa shape index (κ1) is 3.32. The first-order chi connectivity index (χ1) is 8.04. The van der Waals surface area contributed by atoms with Crippen molar-refractivity contribution >= 4 is 0 Å². The highest BCUT2D eigenvalue weighted by Crippen LogP contribution is 2.13. The van der Waals surface area contributed by atoms with Crippen LogP contribution in [-0.4, -0.2) is 33.1 Å². The van der Waals surface area contributed by atoms with Crippen LogP contribution in [0.15, 0.2) is 0 Å². The van der Waals surface area contributed by atoms with E-state index in [0.717, 1.165) is 12.8 Å². The molecule has 3 heteroatoms. The van der Waals surface area contributed by atoms with E-state index in [1.165, 1.54) is 0 Å². The highest BCUT2D eigenvalue weighted by molar-refractivity contribution is 4.53. The average molecular weight is 167 g/mol. The molecule has 1 rings (SSSR count). The lowest BCUT2D eigenvalue weighted by Crippen LogP contribution is -2.23. The summed E-state index contributed by atoms with van der Waals surface area (Å²) in [6.45, 7) is -5.60. The quantitative estimate of drug-likeness (QED) is 0.629. The molecule has 0 aromatic heterocycles. The van der Waals surface area contributed by atoms with E-state index in [-0.39, 0.29) is 0 Å². The zero-order valence-electron chi connectivity index (χ0n) is 13.1. The SMILES string of the molecule is [2H]C([2H])([2H])OC([2H])([2H])C([2H])([2H])OC1CCCCO1. The van der Waals surface area contributed by atoms with Crippen molar-refractivity contribution in [3.8, 4) is 0 Å². The van der Waals surface area contributed by atoms with Gasteiger partial charge in [-0.1, -0.05) is 0 Å². The van der Waals surface area contributed by atoms with Crippen LogP contribution >= 0.6 is 0 Å². The van der Waals surface area contributed by atoms with Crippen molar-refractivity contribution in [2.45, 2.75) is 25.6 Å². The molecular formula is C8H16O3. The average Bonchev–Trinajstić information content (AvgIpc) is 2.14. The molecule has 0 saturated carbocycles. The summed E-state index contributed by atoms with van der Waals surface area (Å²) in [6.07, 6.45) is 1.17. The standard InChI is InChI=1S/C8H16O3/c1-9-6-7-11-8-4-2-3-5-10-8/h8H,2-7H2,1H3/i1D3,6D2,7D2. The fourth-order valence-electron chi connectivity index (χ4n) is 0.915. The van der Waals surface area contributed by atoms with Crippen molar-refractivity contribution in [1.82, 2.24) is 0 Å².